The van der Waals surface area contributed by atoms with Gasteiger partial charge in [0, 0.05) is 54.8 Å². The summed E-state index contributed by atoms with van der Waals surface area (Å²) in [6.45, 7) is 4.01. The van der Waals surface area contributed by atoms with Crippen molar-refractivity contribution < 1.29 is 9.59 Å². The van der Waals surface area contributed by atoms with Crippen LogP contribution in [0.15, 0.2) is 85.1 Å². The molecule has 33 heavy (non-hydrogen) atoms. The molecule has 3 heterocycles. The average Bonchev–Trinajstić information content (AvgIpc) is 3.25. The smallest absolute Gasteiger partial charge is 0.298 e. The van der Waals surface area contributed by atoms with Gasteiger partial charge in [0.1, 0.15) is 5.69 Å². The molecule has 0 bridgehead atoms. The number of likely N-dealkylation sites (N-methyl/N-ethyl adjacent to an activating group) is 1. The molecule has 0 radical (unpaired) electrons. The Morgan fingerprint density at radius 3 is 2.24 bits per heavy atom. The van der Waals surface area contributed by atoms with Gasteiger partial charge in [-0.3, -0.25) is 9.59 Å². The highest BCUT2D eigenvalue weighted by Crippen LogP contribution is 2.28. The molecular formula is C27H26N4O2. The number of hydrogen-bond acceptors (Lipinski definition) is 4. The molecule has 1 fully saturated rings. The van der Waals surface area contributed by atoms with E-state index < -0.39 is 11.7 Å². The number of anilines is 2. The summed E-state index contributed by atoms with van der Waals surface area (Å²) in [4.78, 5) is 30.9. The first-order valence-electron chi connectivity index (χ1n) is 11.1. The van der Waals surface area contributed by atoms with E-state index in [2.05, 4.69) is 22.2 Å². The van der Waals surface area contributed by atoms with Crippen LogP contribution in [0.5, 0.6) is 0 Å². The number of Topliss-reactive ketones (excluding diaryl/α,β-unsaturated/α-hetero) is 1. The van der Waals surface area contributed by atoms with E-state index in [-0.39, 0.29) is 0 Å². The summed E-state index contributed by atoms with van der Waals surface area (Å²) in [6.07, 6.45) is 1.81. The fraction of sp³-hybridized carbons (Fsp3) is 0.185. The number of amides is 1. The summed E-state index contributed by atoms with van der Waals surface area (Å²) in [5.41, 5.74) is 4.60. The van der Waals surface area contributed by atoms with Gasteiger partial charge in [0.15, 0.2) is 0 Å². The minimum Gasteiger partial charge on any atom is -0.369 e. The lowest BCUT2D eigenvalue weighted by Crippen LogP contribution is -2.44. The van der Waals surface area contributed by atoms with Gasteiger partial charge in [-0.2, -0.15) is 0 Å². The number of aromatic nitrogens is 1. The molecule has 166 valence electrons. The van der Waals surface area contributed by atoms with E-state index in [1.54, 1.807) is 4.40 Å². The molecule has 0 unspecified atom stereocenters. The van der Waals surface area contributed by atoms with Crippen LogP contribution >= 0.6 is 0 Å². The summed E-state index contributed by atoms with van der Waals surface area (Å²) in [7, 11) is 2.13. The van der Waals surface area contributed by atoms with Gasteiger partial charge in [-0.25, -0.2) is 0 Å². The Hall–Kier alpha value is -3.90. The van der Waals surface area contributed by atoms with Gasteiger partial charge < -0.3 is 19.5 Å². The van der Waals surface area contributed by atoms with E-state index >= 15 is 0 Å². The molecule has 0 atom stereocenters. The van der Waals surface area contributed by atoms with Gasteiger partial charge in [-0.1, -0.05) is 36.4 Å². The van der Waals surface area contributed by atoms with Crippen LogP contribution in [0, 0.1) is 0 Å². The van der Waals surface area contributed by atoms with Gasteiger partial charge >= 0.3 is 0 Å². The van der Waals surface area contributed by atoms with Crippen LogP contribution in [0.25, 0.3) is 16.6 Å². The van der Waals surface area contributed by atoms with Gasteiger partial charge in [-0.15, -0.1) is 0 Å². The van der Waals surface area contributed by atoms with Crippen molar-refractivity contribution in [2.24, 2.45) is 0 Å². The van der Waals surface area contributed by atoms with Crippen molar-refractivity contribution in [1.29, 1.82) is 0 Å². The lowest BCUT2D eigenvalue weighted by molar-refractivity contribution is -0.112. The van der Waals surface area contributed by atoms with Crippen molar-refractivity contribution in [2.45, 2.75) is 0 Å². The second kappa shape index (κ2) is 8.92. The van der Waals surface area contributed by atoms with Gasteiger partial charge in [-0.05, 0) is 55.1 Å². The number of carbonyl (C=O) groups excluding carboxylic acids is 2. The third-order valence-corrected chi connectivity index (χ3v) is 6.18. The Labute approximate surface area is 193 Å². The maximum atomic E-state index is 13.3. The number of fused-ring (bicyclic) bond motifs is 1. The molecule has 1 saturated heterocycles. The van der Waals surface area contributed by atoms with Gasteiger partial charge in [0.25, 0.3) is 11.7 Å². The van der Waals surface area contributed by atoms with Crippen molar-refractivity contribution >= 4 is 28.6 Å². The molecule has 0 aliphatic carbocycles. The fourth-order valence-electron chi connectivity index (χ4n) is 4.31. The molecule has 2 aromatic carbocycles. The van der Waals surface area contributed by atoms with E-state index in [9.17, 15) is 9.59 Å². The standard InChI is InChI=1S/C27H26N4O2/c1-29-15-17-30(18-16-29)22-12-10-21(11-13-22)28-27(33)26(32)25-24(20-7-3-2-4-8-20)19-23-9-5-6-14-31(23)25/h2-14,19H,15-18H2,1H3,(H,28,33). The van der Waals surface area contributed by atoms with Crippen molar-refractivity contribution in [1.82, 2.24) is 9.30 Å². The highest BCUT2D eigenvalue weighted by atomic mass is 16.2. The van der Waals surface area contributed by atoms with Crippen LogP contribution in [0.1, 0.15) is 10.5 Å². The van der Waals surface area contributed by atoms with E-state index in [1.165, 1.54) is 0 Å². The predicted molar refractivity (Wildman–Crippen MR) is 132 cm³/mol. The third-order valence-electron chi connectivity index (χ3n) is 6.18. The number of benzene rings is 2. The number of pyridine rings is 1. The first-order chi connectivity index (χ1) is 16.1. The minimum atomic E-state index is -0.650. The fourth-order valence-corrected chi connectivity index (χ4v) is 4.31. The molecule has 1 N–H and O–H groups in total. The molecular weight excluding hydrogens is 412 g/mol. The second-order valence-electron chi connectivity index (χ2n) is 8.39. The molecule has 1 aliphatic rings. The normalized spacial score (nSPS) is 14.4. The zero-order chi connectivity index (χ0) is 22.8. The highest BCUT2D eigenvalue weighted by molar-refractivity contribution is 6.47. The van der Waals surface area contributed by atoms with Crippen LogP contribution in [-0.2, 0) is 4.79 Å². The number of ketones is 1. The Kier molecular flexibility index (Phi) is 5.67. The number of nitrogens with one attached hydrogen (secondary N) is 1. The van der Waals surface area contributed by atoms with Crippen LogP contribution in [-0.4, -0.2) is 54.2 Å². The van der Waals surface area contributed by atoms with Crippen molar-refractivity contribution in [3.63, 3.8) is 0 Å². The highest BCUT2D eigenvalue weighted by Gasteiger charge is 2.25. The molecule has 2 aromatic heterocycles. The van der Waals surface area contributed by atoms with Crippen molar-refractivity contribution in [2.75, 3.05) is 43.4 Å². The molecule has 6 heteroatoms. The SMILES string of the molecule is CN1CCN(c2ccc(NC(=O)C(=O)c3c(-c4ccccc4)cc4ccccn34)cc2)CC1. The van der Waals surface area contributed by atoms with E-state index in [0.29, 0.717) is 11.4 Å². The number of carbonyl (C=O) groups is 2. The topological polar surface area (TPSA) is 57.1 Å². The predicted octanol–water partition coefficient (Wildman–Crippen LogP) is 4.18. The molecule has 0 saturated carbocycles. The zero-order valence-corrected chi connectivity index (χ0v) is 18.6. The van der Waals surface area contributed by atoms with E-state index in [4.69, 9.17) is 0 Å². The molecule has 1 aliphatic heterocycles. The summed E-state index contributed by atoms with van der Waals surface area (Å²) >= 11 is 0. The zero-order valence-electron chi connectivity index (χ0n) is 18.6. The lowest BCUT2D eigenvalue weighted by Gasteiger charge is -2.34. The summed E-state index contributed by atoms with van der Waals surface area (Å²) < 4.78 is 1.78. The van der Waals surface area contributed by atoms with Gasteiger partial charge in [0.05, 0.1) is 0 Å². The van der Waals surface area contributed by atoms with Crippen molar-refractivity contribution in [3.05, 3.63) is 90.8 Å². The molecule has 6 nitrogen and oxygen atoms in total. The molecule has 0 spiro atoms. The maximum absolute atomic E-state index is 13.3. The van der Waals surface area contributed by atoms with Crippen LogP contribution in [0.4, 0.5) is 11.4 Å². The first-order valence-corrected chi connectivity index (χ1v) is 11.1. The average molecular weight is 439 g/mol. The Morgan fingerprint density at radius 1 is 0.818 bits per heavy atom. The summed E-state index contributed by atoms with van der Waals surface area (Å²) in [6, 6.07) is 25.0. The Bertz CT molecular complexity index is 1290. The summed E-state index contributed by atoms with van der Waals surface area (Å²) in [5, 5.41) is 2.78. The number of piperazine rings is 1. The third kappa shape index (κ3) is 4.25. The number of rotatable bonds is 5. The van der Waals surface area contributed by atoms with Crippen LogP contribution in [0.3, 0.4) is 0 Å². The number of nitrogens with zero attached hydrogens (tertiary/aromatic N) is 3. The monoisotopic (exact) mass is 438 g/mol. The molecule has 4 aromatic rings. The Morgan fingerprint density at radius 2 is 1.52 bits per heavy atom. The van der Waals surface area contributed by atoms with Crippen LogP contribution in [0.2, 0.25) is 0 Å². The first kappa shape index (κ1) is 21.0. The second-order valence-corrected chi connectivity index (χ2v) is 8.39. The van der Waals surface area contributed by atoms with E-state index in [1.807, 2.05) is 85.1 Å². The molecule has 5 rings (SSSR count). The van der Waals surface area contributed by atoms with Crippen molar-refractivity contribution in [3.8, 4) is 11.1 Å². The van der Waals surface area contributed by atoms with Crippen LogP contribution < -0.4 is 10.2 Å². The summed E-state index contributed by atoms with van der Waals surface area (Å²) in [5.74, 6) is -1.22. The Balaban J connectivity index is 1.38. The quantitative estimate of drug-likeness (QED) is 0.375. The largest absolute Gasteiger partial charge is 0.369 e. The number of hydrogen-bond donors (Lipinski definition) is 1. The molecule has 1 amide bonds. The van der Waals surface area contributed by atoms with E-state index in [0.717, 1.165) is 48.5 Å². The van der Waals surface area contributed by atoms with Gasteiger partial charge in [0.2, 0.25) is 0 Å². The lowest BCUT2D eigenvalue weighted by atomic mass is 10.0. The minimum absolute atomic E-state index is 0.364. The maximum Gasteiger partial charge on any atom is 0.298 e.